The number of fused-ring (bicyclic) bond motifs is 1. The fourth-order valence-corrected chi connectivity index (χ4v) is 3.93. The smallest absolute Gasteiger partial charge is 0.332 e. The van der Waals surface area contributed by atoms with Crippen LogP contribution in [0.2, 0.25) is 0 Å². The largest absolute Gasteiger partial charge is 0.384 e. The van der Waals surface area contributed by atoms with Crippen molar-refractivity contribution in [3.63, 3.8) is 0 Å². The third-order valence-corrected chi connectivity index (χ3v) is 5.52. The summed E-state index contributed by atoms with van der Waals surface area (Å²) in [5, 5.41) is 4.51. The molecule has 10 heteroatoms. The fourth-order valence-electron chi connectivity index (χ4n) is 3.21. The average Bonchev–Trinajstić information content (AvgIpc) is 2.74. The summed E-state index contributed by atoms with van der Waals surface area (Å²) >= 11 is 1.12. The second kappa shape index (κ2) is 9.34. The minimum Gasteiger partial charge on any atom is -0.384 e. The maximum atomic E-state index is 12.9. The van der Waals surface area contributed by atoms with Gasteiger partial charge in [-0.25, -0.2) is 14.8 Å². The summed E-state index contributed by atoms with van der Waals surface area (Å²) in [6.07, 6.45) is 0. The molecule has 2 heterocycles. The van der Waals surface area contributed by atoms with E-state index in [1.807, 2.05) is 45.0 Å². The van der Waals surface area contributed by atoms with Crippen molar-refractivity contribution in [2.45, 2.75) is 32.5 Å². The molecule has 0 radical (unpaired) electrons. The summed E-state index contributed by atoms with van der Waals surface area (Å²) in [5.41, 5.74) is 5.44. The number of carbonyl (C=O) groups is 1. The van der Waals surface area contributed by atoms with Crippen LogP contribution in [0.1, 0.15) is 31.1 Å². The Morgan fingerprint density at radius 3 is 2.61 bits per heavy atom. The van der Waals surface area contributed by atoms with Gasteiger partial charge >= 0.3 is 5.69 Å². The number of para-hydroxylation sites is 1. The molecule has 0 fully saturated rings. The van der Waals surface area contributed by atoms with Gasteiger partial charge in [0.1, 0.15) is 17.2 Å². The Balaban J connectivity index is 1.93. The molecule has 0 bridgehead atoms. The van der Waals surface area contributed by atoms with Crippen LogP contribution in [0.5, 0.6) is 0 Å². The van der Waals surface area contributed by atoms with Crippen LogP contribution in [0.15, 0.2) is 39.0 Å². The monoisotopic (exact) mass is 442 g/mol. The third-order valence-electron chi connectivity index (χ3n) is 4.67. The number of aromatic nitrogens is 4. The predicted octanol–water partition coefficient (Wildman–Crippen LogP) is 2.14. The van der Waals surface area contributed by atoms with Gasteiger partial charge in [-0.15, -0.1) is 0 Å². The molecule has 164 valence electrons. The van der Waals surface area contributed by atoms with Gasteiger partial charge in [-0.05, 0) is 25.0 Å². The average molecular weight is 443 g/mol. The predicted molar refractivity (Wildman–Crippen MR) is 124 cm³/mol. The number of benzene rings is 1. The Morgan fingerprint density at radius 2 is 1.94 bits per heavy atom. The molecule has 3 rings (SSSR count). The first kappa shape index (κ1) is 22.5. The maximum absolute atomic E-state index is 12.9. The van der Waals surface area contributed by atoms with Gasteiger partial charge in [0.25, 0.3) is 5.56 Å². The Morgan fingerprint density at radius 1 is 1.23 bits per heavy atom. The maximum Gasteiger partial charge on any atom is 0.332 e. The molecule has 0 unspecified atom stereocenters. The molecule has 0 atom stereocenters. The van der Waals surface area contributed by atoms with Crippen molar-refractivity contribution in [1.82, 2.24) is 19.1 Å². The fraction of sp³-hybridized carbons (Fsp3) is 0.381. The molecule has 9 nitrogen and oxygen atoms in total. The number of anilines is 2. The van der Waals surface area contributed by atoms with E-state index in [0.717, 1.165) is 27.2 Å². The summed E-state index contributed by atoms with van der Waals surface area (Å²) in [5.74, 6) is 0.153. The quantitative estimate of drug-likeness (QED) is 0.309. The SMILES string of the molecule is CCNc1nc(SCC(=O)c2c(N)n(CC(C)C)c(=O)n(C)c2=O)nc2ccccc12. The Labute approximate surface area is 183 Å². The van der Waals surface area contributed by atoms with Gasteiger partial charge in [-0.1, -0.05) is 37.7 Å². The van der Waals surface area contributed by atoms with E-state index in [9.17, 15) is 14.4 Å². The highest BCUT2D eigenvalue weighted by molar-refractivity contribution is 7.99. The lowest BCUT2D eigenvalue weighted by atomic mass is 10.2. The molecule has 0 aliphatic rings. The molecule has 1 aromatic carbocycles. The van der Waals surface area contributed by atoms with Gasteiger partial charge in [0, 0.05) is 25.5 Å². The lowest BCUT2D eigenvalue weighted by Crippen LogP contribution is -2.43. The van der Waals surface area contributed by atoms with E-state index in [1.165, 1.54) is 11.6 Å². The summed E-state index contributed by atoms with van der Waals surface area (Å²) in [6.45, 7) is 6.82. The zero-order valence-electron chi connectivity index (χ0n) is 18.0. The number of nitrogens with zero attached hydrogens (tertiary/aromatic N) is 4. The molecule has 0 saturated carbocycles. The molecule has 3 N–H and O–H groups in total. The van der Waals surface area contributed by atoms with Gasteiger partial charge in [0.15, 0.2) is 10.9 Å². The van der Waals surface area contributed by atoms with Crippen LogP contribution in [0.4, 0.5) is 11.6 Å². The standard InChI is InChI=1S/C21H26N6O3S/c1-5-23-18-13-8-6-7-9-14(13)24-20(25-18)31-11-15(28)16-17(22)27(10-12(2)3)21(30)26(4)19(16)29/h6-9,12H,5,10-11,22H2,1-4H3,(H,23,24,25). The molecular formula is C21H26N6O3S. The number of ketones is 1. The van der Waals surface area contributed by atoms with E-state index in [-0.39, 0.29) is 23.1 Å². The van der Waals surface area contributed by atoms with Crippen LogP contribution in [-0.2, 0) is 13.6 Å². The number of Topliss-reactive ketones (excluding diaryl/α,β-unsaturated/α-hetero) is 1. The van der Waals surface area contributed by atoms with Crippen molar-refractivity contribution in [3.8, 4) is 0 Å². The van der Waals surface area contributed by atoms with Crippen molar-refractivity contribution in [1.29, 1.82) is 0 Å². The van der Waals surface area contributed by atoms with Gasteiger partial charge in [0.2, 0.25) is 0 Å². The molecule has 0 spiro atoms. The topological polar surface area (TPSA) is 125 Å². The minimum atomic E-state index is -0.694. The number of nitrogen functional groups attached to an aromatic ring is 1. The molecular weight excluding hydrogens is 416 g/mol. The number of rotatable bonds is 8. The number of hydrogen-bond acceptors (Lipinski definition) is 8. The van der Waals surface area contributed by atoms with Crippen LogP contribution in [-0.4, -0.2) is 37.2 Å². The Bertz CT molecular complexity index is 1250. The van der Waals surface area contributed by atoms with Gasteiger partial charge in [0.05, 0.1) is 11.3 Å². The molecule has 3 aromatic rings. The van der Waals surface area contributed by atoms with Crippen molar-refractivity contribution < 1.29 is 4.79 Å². The normalized spacial score (nSPS) is 11.3. The van der Waals surface area contributed by atoms with Crippen molar-refractivity contribution in [3.05, 3.63) is 50.7 Å². The second-order valence-corrected chi connectivity index (χ2v) is 8.47. The van der Waals surface area contributed by atoms with Crippen LogP contribution < -0.4 is 22.3 Å². The highest BCUT2D eigenvalue weighted by Crippen LogP contribution is 2.25. The van der Waals surface area contributed by atoms with Crippen molar-refractivity contribution in [2.24, 2.45) is 13.0 Å². The third kappa shape index (κ3) is 4.63. The highest BCUT2D eigenvalue weighted by Gasteiger charge is 2.22. The van der Waals surface area contributed by atoms with Crippen LogP contribution in [0.3, 0.4) is 0 Å². The van der Waals surface area contributed by atoms with E-state index < -0.39 is 17.0 Å². The second-order valence-electron chi connectivity index (χ2n) is 7.53. The lowest BCUT2D eigenvalue weighted by Gasteiger charge is -2.16. The van der Waals surface area contributed by atoms with E-state index in [4.69, 9.17) is 5.73 Å². The van der Waals surface area contributed by atoms with Crippen LogP contribution in [0.25, 0.3) is 10.9 Å². The van der Waals surface area contributed by atoms with Gasteiger partial charge in [-0.3, -0.25) is 18.7 Å². The van der Waals surface area contributed by atoms with Gasteiger partial charge < -0.3 is 11.1 Å². The molecule has 2 aromatic heterocycles. The first-order valence-corrected chi connectivity index (χ1v) is 11.0. The van der Waals surface area contributed by atoms with Crippen molar-refractivity contribution in [2.75, 3.05) is 23.3 Å². The first-order valence-electron chi connectivity index (χ1n) is 10.0. The van der Waals surface area contributed by atoms with Gasteiger partial charge in [-0.2, -0.15) is 0 Å². The first-order chi connectivity index (χ1) is 14.7. The lowest BCUT2D eigenvalue weighted by molar-refractivity contribution is 0.102. The van der Waals surface area contributed by atoms with E-state index in [1.54, 1.807) is 0 Å². The molecule has 31 heavy (non-hydrogen) atoms. The molecule has 0 saturated heterocycles. The van der Waals surface area contributed by atoms with Crippen LogP contribution in [0, 0.1) is 5.92 Å². The Hall–Kier alpha value is -3.14. The zero-order valence-corrected chi connectivity index (χ0v) is 18.8. The summed E-state index contributed by atoms with van der Waals surface area (Å²) in [4.78, 5) is 47.0. The number of thioether (sulfide) groups is 1. The van der Waals surface area contributed by atoms with E-state index >= 15 is 0 Å². The highest BCUT2D eigenvalue weighted by atomic mass is 32.2. The molecule has 0 amide bonds. The minimum absolute atomic E-state index is 0.0801. The summed E-state index contributed by atoms with van der Waals surface area (Å²) in [7, 11) is 1.35. The number of hydrogen-bond donors (Lipinski definition) is 2. The van der Waals surface area contributed by atoms with Crippen molar-refractivity contribution >= 4 is 40.1 Å². The number of nitrogens with one attached hydrogen (secondary N) is 1. The van der Waals surface area contributed by atoms with E-state index in [2.05, 4.69) is 15.3 Å². The number of nitrogens with two attached hydrogens (primary N) is 1. The summed E-state index contributed by atoms with van der Waals surface area (Å²) < 4.78 is 2.20. The Kier molecular flexibility index (Phi) is 6.79. The number of carbonyl (C=O) groups excluding carboxylic acids is 1. The summed E-state index contributed by atoms with van der Waals surface area (Å²) in [6, 6.07) is 7.59. The molecule has 0 aliphatic carbocycles. The zero-order chi connectivity index (χ0) is 22.7. The van der Waals surface area contributed by atoms with E-state index in [0.29, 0.717) is 24.1 Å². The molecule has 0 aliphatic heterocycles. The van der Waals surface area contributed by atoms with Crippen LogP contribution >= 0.6 is 11.8 Å².